The number of aromatic amines is 6. The number of amides is 1. The third-order valence-corrected chi connectivity index (χ3v) is 31.5. The van der Waals surface area contributed by atoms with Crippen molar-refractivity contribution in [2.45, 2.75) is 29.4 Å². The molecule has 0 radical (unpaired) electrons. The smallest absolute Gasteiger partial charge is 0.269 e. The highest BCUT2D eigenvalue weighted by molar-refractivity contribution is 7.94. The fraction of sp³-hybridized carbons (Fsp3) is 0. The molecule has 0 fully saturated rings. The molecule has 34 nitrogen and oxygen atoms in total. The number of nitrogens with two attached hydrogens (primary N) is 1. The highest BCUT2D eigenvalue weighted by Gasteiger charge is 2.25. The molecule has 0 aliphatic heterocycles. The number of anilines is 6. The third-order valence-electron chi connectivity index (χ3n) is 19.2. The first-order valence-electron chi connectivity index (χ1n) is 38.5. The molecule has 0 saturated heterocycles. The fourth-order valence-corrected chi connectivity index (χ4v) is 21.0. The second-order valence-corrected chi connectivity index (χ2v) is 43.1. The summed E-state index contributed by atoms with van der Waals surface area (Å²) in [5, 5.41) is 64.4. The number of primary amides is 1. The molecule has 0 aliphatic rings. The first-order chi connectivity index (χ1) is 65.4. The molecule has 1 amide bonds. The number of aromatic hydroxyl groups is 1. The van der Waals surface area contributed by atoms with Crippen LogP contribution in [0.25, 0.3) is 76.7 Å². The second-order valence-electron chi connectivity index (χ2n) is 28.6. The summed E-state index contributed by atoms with van der Waals surface area (Å²) in [6.07, 6.45) is 1.62. The van der Waals surface area contributed by atoms with E-state index < -0.39 is 71.9 Å². The van der Waals surface area contributed by atoms with Crippen LogP contribution in [0.1, 0.15) is 16.2 Å². The zero-order chi connectivity index (χ0) is 99.1. The van der Waals surface area contributed by atoms with Crippen LogP contribution < -0.4 is 34.1 Å². The van der Waals surface area contributed by atoms with Crippen LogP contribution in [0.5, 0.6) is 5.88 Å². The molecule has 138 heavy (non-hydrogen) atoms. The van der Waals surface area contributed by atoms with Gasteiger partial charge in [-0.3, -0.25) is 63.7 Å². The number of fused-ring (bicyclic) bond motifs is 6. The molecule has 0 atom stereocenters. The monoisotopic (exact) mass is 2190 g/mol. The number of hydrogen-bond donors (Lipinski definition) is 14. The summed E-state index contributed by atoms with van der Waals surface area (Å²) in [5.74, 6) is -1.60. The van der Waals surface area contributed by atoms with E-state index >= 15 is 0 Å². The minimum Gasteiger partial charge on any atom is -0.492 e. The summed E-state index contributed by atoms with van der Waals surface area (Å²) in [4.78, 5) is 11.1. The number of benzene rings is 13. The van der Waals surface area contributed by atoms with Crippen LogP contribution in [0.3, 0.4) is 0 Å². The number of aromatic nitrogens is 12. The Balaban J connectivity index is 0.000000132. The number of nitrogens with one attached hydrogen (secondary N) is 12. The van der Waals surface area contributed by atoms with Gasteiger partial charge in [0.1, 0.15) is 11.9 Å². The van der Waals surface area contributed by atoms with E-state index in [1.807, 2.05) is 36.4 Å². The SMILES string of the molecule is N#Cc1n[nH]c2ccc(NS(=O)(=O)c3ccc(Cl)c(Cl)c3)cc12.NC(=O)c1n[nH]c2ccc(NS(=O)(=O)c3cccc(F)c3)cc12.O=S(=O)(Nc1ccc2[nH]nc(-c3ccccc3)c2c1)c1ccc(Cl)c(Cl)c1.O=S(=O)(Nc1ccc2[nH]nc(Cl)c2c1)c1ccc(Cl)c(Cl)c1.O=S(=O)(Nc1ccc2[nH]nc(O)c2c1)c1ccc(Cl)c(Cl)c1.O=S(=O)(Nc1ccc2[nH]ncc2c1)c1ccc(Cl)c(Cl)c1. The van der Waals surface area contributed by atoms with Crippen molar-refractivity contribution in [1.29, 1.82) is 5.26 Å². The maximum atomic E-state index is 13.2. The summed E-state index contributed by atoms with van der Waals surface area (Å²) >= 11 is 64.3. The first kappa shape index (κ1) is 101. The van der Waals surface area contributed by atoms with Crippen molar-refractivity contribution in [3.05, 3.63) is 334 Å². The first-order valence-corrected chi connectivity index (χ1v) is 51.6. The number of carbonyl (C=O) groups excluding carboxylic acids is 1. The minimum absolute atomic E-state index is 0.00630. The van der Waals surface area contributed by atoms with Gasteiger partial charge in [0.05, 0.1) is 130 Å². The Kier molecular flexibility index (Phi) is 30.9. The van der Waals surface area contributed by atoms with Crippen LogP contribution in [0.15, 0.2) is 290 Å². The Bertz CT molecular complexity index is 8610. The van der Waals surface area contributed by atoms with Crippen LogP contribution in [-0.4, -0.2) is 123 Å². The molecule has 0 saturated carbocycles. The Morgan fingerprint density at radius 3 is 1.07 bits per heavy atom. The lowest BCUT2D eigenvalue weighted by Crippen LogP contribution is -2.13. The van der Waals surface area contributed by atoms with Crippen LogP contribution in [0, 0.1) is 17.1 Å². The van der Waals surface area contributed by atoms with Crippen LogP contribution in [0.4, 0.5) is 38.5 Å². The van der Waals surface area contributed by atoms with Gasteiger partial charge in [0.15, 0.2) is 16.5 Å². The molecule has 6 aromatic heterocycles. The van der Waals surface area contributed by atoms with Gasteiger partial charge < -0.3 is 10.8 Å². The van der Waals surface area contributed by atoms with Gasteiger partial charge in [0, 0.05) is 66.6 Å². The molecule has 0 unspecified atom stereocenters. The van der Waals surface area contributed by atoms with Crippen LogP contribution >= 0.6 is 128 Å². The average molecular weight is 2200 g/mol. The molecule has 13 aromatic carbocycles. The lowest BCUT2D eigenvalue weighted by atomic mass is 10.1. The van der Waals surface area contributed by atoms with Crippen molar-refractivity contribution >= 4 is 293 Å². The maximum absolute atomic E-state index is 13.2. The van der Waals surface area contributed by atoms with Crippen molar-refractivity contribution in [1.82, 2.24) is 61.2 Å². The molecule has 15 N–H and O–H groups in total. The lowest BCUT2D eigenvalue weighted by Gasteiger charge is -2.09. The van der Waals surface area contributed by atoms with E-state index in [1.165, 1.54) is 127 Å². The van der Waals surface area contributed by atoms with Crippen molar-refractivity contribution in [3.8, 4) is 23.2 Å². The van der Waals surface area contributed by atoms with Crippen LogP contribution in [-0.2, 0) is 60.1 Å². The Hall–Kier alpha value is -12.9. The highest BCUT2D eigenvalue weighted by atomic mass is 35.5. The molecule has 6 heterocycles. The standard InChI is InChI=1S/C19H13Cl2N3O2S.C14H8Cl2N4O2S.C14H11FN4O3S.C13H8Cl3N3O2S.C13H9Cl2N3O3S.C13H9Cl2N3O2S/c20-16-8-7-14(11-17(16)21)27(25,26)24-13-6-9-18-15(10-13)19(23-22-18)12-4-2-1-3-5-12;15-11-3-2-9(6-12(11)16)23(21,22)20-8-1-4-13-10(5-8)14(7-17)19-18-13;15-8-2-1-3-10(6-8)23(21,22)19-9-4-5-12-11(7-9)13(14(16)20)18-17-12;14-10-3-2-8(6-11(10)15)22(20,21)19-7-1-4-12-9(5-7)13(16)18-17-12;14-10-3-2-8(6-11(10)15)22(20,21)18-7-1-4-12-9(5-7)13(19)17-16-12;14-11-3-2-10(6-12(11)15)21(19,20)18-9-1-4-13-8(5-9)7-16-17-13/h1-11,24H,(H,22,23);1-6,20H,(H,18,19);1-7,19H,(H2,16,20)(H,17,18);1-6,19H,(H,17,18);1-6,18H,(H2,16,17,19);1-7,18H,(H,16,17). The van der Waals surface area contributed by atoms with E-state index in [4.69, 9.17) is 139 Å². The molecular formula is C86H58Cl11FN20O14S6. The molecule has 0 bridgehead atoms. The number of sulfonamides is 6. The predicted octanol–water partition coefficient (Wildman–Crippen LogP) is 21.9. The molecule has 19 aromatic rings. The summed E-state index contributed by atoms with van der Waals surface area (Å²) < 4.78 is 176. The highest BCUT2D eigenvalue weighted by Crippen LogP contribution is 2.37. The average Bonchev–Trinajstić information content (AvgIpc) is 1.64. The van der Waals surface area contributed by atoms with Gasteiger partial charge in [-0.15, -0.1) is 5.10 Å². The summed E-state index contributed by atoms with van der Waals surface area (Å²) in [5.41, 5.74) is 13.2. The van der Waals surface area contributed by atoms with Crippen molar-refractivity contribution in [2.75, 3.05) is 28.3 Å². The summed E-state index contributed by atoms with van der Waals surface area (Å²) in [7, 11) is -22.9. The summed E-state index contributed by atoms with van der Waals surface area (Å²) in [6, 6.07) is 65.7. The van der Waals surface area contributed by atoms with E-state index in [1.54, 1.807) is 91.1 Å². The Labute approximate surface area is 836 Å². The Morgan fingerprint density at radius 1 is 0.326 bits per heavy atom. The van der Waals surface area contributed by atoms with Crippen molar-refractivity contribution in [3.63, 3.8) is 0 Å². The molecule has 706 valence electrons. The number of rotatable bonds is 20. The fourth-order valence-electron chi connectivity index (χ4n) is 12.6. The van der Waals surface area contributed by atoms with Crippen LogP contribution in [0.2, 0.25) is 55.4 Å². The van der Waals surface area contributed by atoms with Gasteiger partial charge >= 0.3 is 0 Å². The van der Waals surface area contributed by atoms with Gasteiger partial charge in [0.25, 0.3) is 66.0 Å². The van der Waals surface area contributed by atoms with E-state index in [2.05, 4.69) is 89.5 Å². The predicted molar refractivity (Wildman–Crippen MR) is 535 cm³/mol. The molecule has 0 spiro atoms. The lowest BCUT2D eigenvalue weighted by molar-refractivity contribution is 0.0996. The van der Waals surface area contributed by atoms with Gasteiger partial charge in [-0.1, -0.05) is 164 Å². The quantitative estimate of drug-likeness (QED) is 0.0337. The largest absolute Gasteiger partial charge is 0.492 e. The van der Waals surface area contributed by atoms with Gasteiger partial charge in [-0.25, -0.2) is 54.9 Å². The molecule has 0 aliphatic carbocycles. The molecule has 52 heteroatoms. The topological polar surface area (TPSA) is 536 Å². The van der Waals surface area contributed by atoms with Gasteiger partial charge in [-0.2, -0.15) is 30.8 Å². The van der Waals surface area contributed by atoms with Crippen molar-refractivity contribution in [2.24, 2.45) is 5.73 Å². The van der Waals surface area contributed by atoms with Gasteiger partial charge in [0.2, 0.25) is 5.88 Å². The third kappa shape index (κ3) is 24.2. The number of nitrogens with zero attached hydrogens (tertiary/aromatic N) is 7. The van der Waals surface area contributed by atoms with E-state index in [9.17, 15) is 64.8 Å². The number of H-pyrrole nitrogens is 6. The van der Waals surface area contributed by atoms with Crippen molar-refractivity contribution < 1.29 is 64.8 Å². The van der Waals surface area contributed by atoms with E-state index in [-0.39, 0.29) is 103 Å². The summed E-state index contributed by atoms with van der Waals surface area (Å²) in [6.45, 7) is 0. The maximum Gasteiger partial charge on any atom is 0.269 e. The van der Waals surface area contributed by atoms with E-state index in [0.717, 1.165) is 45.2 Å². The minimum atomic E-state index is -3.96. The van der Waals surface area contributed by atoms with Gasteiger partial charge in [-0.05, 0) is 218 Å². The normalized spacial score (nSPS) is 11.6. The number of hydrogen-bond acceptors (Lipinski definition) is 21. The number of nitriles is 1. The Morgan fingerprint density at radius 2 is 0.659 bits per heavy atom. The molecular weight excluding hydrogens is 2140 g/mol. The molecule has 19 rings (SSSR count). The zero-order valence-electron chi connectivity index (χ0n) is 68.8. The number of carbonyl (C=O) groups is 1. The number of halogens is 12. The second kappa shape index (κ2) is 42.2. The zero-order valence-corrected chi connectivity index (χ0v) is 82.0. The van der Waals surface area contributed by atoms with E-state index in [0.29, 0.717) is 76.4 Å².